The number of hydrogen-bond acceptors (Lipinski definition) is 2. The lowest BCUT2D eigenvalue weighted by atomic mass is 10.1. The van der Waals surface area contributed by atoms with Crippen molar-refractivity contribution in [2.45, 2.75) is 6.18 Å². The molecule has 0 aliphatic carbocycles. The standard InChI is InChI=1S/C9H7BrF3NO2/c1-16-4-2-5(9(11,12)13)7(8(14)15)6(10)3-4/h2-3H,1H3,(H2,14,15). The van der Waals surface area contributed by atoms with Gasteiger partial charge >= 0.3 is 6.18 Å². The molecule has 2 N–H and O–H groups in total. The number of alkyl halides is 3. The van der Waals surface area contributed by atoms with Crippen LogP contribution in [0.3, 0.4) is 0 Å². The minimum Gasteiger partial charge on any atom is -0.497 e. The van der Waals surface area contributed by atoms with E-state index in [1.54, 1.807) is 0 Å². The van der Waals surface area contributed by atoms with Gasteiger partial charge in [-0.2, -0.15) is 13.2 Å². The summed E-state index contributed by atoms with van der Waals surface area (Å²) < 4.78 is 42.5. The summed E-state index contributed by atoms with van der Waals surface area (Å²) in [5.74, 6) is -1.16. The van der Waals surface area contributed by atoms with Crippen molar-refractivity contribution >= 4 is 21.8 Å². The van der Waals surface area contributed by atoms with Crippen LogP contribution in [0.2, 0.25) is 0 Å². The first-order chi connectivity index (χ1) is 7.27. The zero-order valence-electron chi connectivity index (χ0n) is 8.06. The van der Waals surface area contributed by atoms with E-state index >= 15 is 0 Å². The number of carbonyl (C=O) groups excluding carboxylic acids is 1. The number of methoxy groups -OCH3 is 1. The molecule has 0 aliphatic rings. The minimum atomic E-state index is -4.67. The molecule has 1 rings (SSSR count). The highest BCUT2D eigenvalue weighted by molar-refractivity contribution is 9.10. The zero-order valence-corrected chi connectivity index (χ0v) is 9.65. The van der Waals surface area contributed by atoms with Gasteiger partial charge in [-0.15, -0.1) is 0 Å². The van der Waals surface area contributed by atoms with Gasteiger partial charge in [0.05, 0.1) is 18.2 Å². The summed E-state index contributed by atoms with van der Waals surface area (Å²) in [4.78, 5) is 10.9. The van der Waals surface area contributed by atoms with Crippen LogP contribution in [-0.4, -0.2) is 13.0 Å². The van der Waals surface area contributed by atoms with E-state index < -0.39 is 23.2 Å². The molecule has 3 nitrogen and oxygen atoms in total. The van der Waals surface area contributed by atoms with E-state index in [0.717, 1.165) is 6.07 Å². The lowest BCUT2D eigenvalue weighted by molar-refractivity contribution is -0.138. The average Bonchev–Trinajstić information content (AvgIpc) is 2.14. The summed E-state index contributed by atoms with van der Waals surface area (Å²) in [5, 5.41) is 0. The Morgan fingerprint density at radius 1 is 1.44 bits per heavy atom. The van der Waals surface area contributed by atoms with Gasteiger partial charge in [0, 0.05) is 4.47 Å². The summed E-state index contributed by atoms with van der Waals surface area (Å²) in [7, 11) is 1.23. The number of primary amides is 1. The Bertz CT molecular complexity index is 431. The summed E-state index contributed by atoms with van der Waals surface area (Å²) in [5.41, 5.74) is 3.17. The molecule has 7 heteroatoms. The molecule has 0 atom stereocenters. The van der Waals surface area contributed by atoms with Crippen LogP contribution < -0.4 is 10.5 Å². The van der Waals surface area contributed by atoms with Gasteiger partial charge in [-0.25, -0.2) is 0 Å². The highest BCUT2D eigenvalue weighted by Crippen LogP contribution is 2.37. The number of hydrogen-bond donors (Lipinski definition) is 1. The second-order valence-electron chi connectivity index (χ2n) is 2.89. The van der Waals surface area contributed by atoms with E-state index in [4.69, 9.17) is 5.73 Å². The van der Waals surface area contributed by atoms with Crippen molar-refractivity contribution in [2.75, 3.05) is 7.11 Å². The van der Waals surface area contributed by atoms with E-state index in [9.17, 15) is 18.0 Å². The van der Waals surface area contributed by atoms with E-state index in [0.29, 0.717) is 0 Å². The van der Waals surface area contributed by atoms with Gasteiger partial charge in [0.25, 0.3) is 0 Å². The van der Waals surface area contributed by atoms with Crippen molar-refractivity contribution in [1.82, 2.24) is 0 Å². The maximum Gasteiger partial charge on any atom is 0.417 e. The predicted octanol–water partition coefficient (Wildman–Crippen LogP) is 2.58. The van der Waals surface area contributed by atoms with E-state index in [-0.39, 0.29) is 10.2 Å². The van der Waals surface area contributed by atoms with Crippen molar-refractivity contribution < 1.29 is 22.7 Å². The maximum absolute atomic E-state index is 12.6. The third-order valence-electron chi connectivity index (χ3n) is 1.85. The Labute approximate surface area is 97.5 Å². The molecule has 0 heterocycles. The van der Waals surface area contributed by atoms with Crippen LogP contribution in [-0.2, 0) is 6.18 Å². The van der Waals surface area contributed by atoms with Crippen LogP contribution in [0.5, 0.6) is 5.75 Å². The number of halogens is 4. The lowest BCUT2D eigenvalue weighted by Crippen LogP contribution is -2.19. The quantitative estimate of drug-likeness (QED) is 0.912. The fourth-order valence-corrected chi connectivity index (χ4v) is 1.81. The van der Waals surface area contributed by atoms with Crippen LogP contribution in [0.25, 0.3) is 0 Å². The molecule has 1 aromatic rings. The Hall–Kier alpha value is -1.24. The molecule has 1 aromatic carbocycles. The Kier molecular flexibility index (Phi) is 3.47. The molecule has 0 radical (unpaired) electrons. The van der Waals surface area contributed by atoms with E-state index in [1.165, 1.54) is 13.2 Å². The first kappa shape index (κ1) is 12.8. The minimum absolute atomic E-state index is 0.01000. The third-order valence-corrected chi connectivity index (χ3v) is 2.48. The van der Waals surface area contributed by atoms with Crippen molar-refractivity contribution in [2.24, 2.45) is 5.73 Å². The van der Waals surface area contributed by atoms with Gasteiger partial charge in [0.1, 0.15) is 5.75 Å². The van der Waals surface area contributed by atoms with Crippen molar-refractivity contribution in [3.63, 3.8) is 0 Å². The number of nitrogens with two attached hydrogens (primary N) is 1. The first-order valence-corrected chi connectivity index (χ1v) is 4.81. The summed E-state index contributed by atoms with van der Waals surface area (Å²) in [6, 6.07) is 1.97. The van der Waals surface area contributed by atoms with Crippen molar-refractivity contribution in [1.29, 1.82) is 0 Å². The average molecular weight is 298 g/mol. The normalized spacial score (nSPS) is 11.3. The molecule has 0 unspecified atom stereocenters. The number of ether oxygens (including phenoxy) is 1. The summed E-state index contributed by atoms with van der Waals surface area (Å²) in [6.07, 6.45) is -4.67. The highest BCUT2D eigenvalue weighted by Gasteiger charge is 2.36. The van der Waals surface area contributed by atoms with E-state index in [1.807, 2.05) is 0 Å². The van der Waals surface area contributed by atoms with Gasteiger partial charge in [-0.3, -0.25) is 4.79 Å². The largest absolute Gasteiger partial charge is 0.497 e. The number of amides is 1. The van der Waals surface area contributed by atoms with Gasteiger partial charge in [0.2, 0.25) is 5.91 Å². The Morgan fingerprint density at radius 2 is 2.00 bits per heavy atom. The van der Waals surface area contributed by atoms with Crippen LogP contribution in [0.15, 0.2) is 16.6 Å². The molecule has 0 aliphatic heterocycles. The summed E-state index contributed by atoms with van der Waals surface area (Å²) in [6.45, 7) is 0. The SMILES string of the molecule is COc1cc(Br)c(C(N)=O)c(C(F)(F)F)c1. The van der Waals surface area contributed by atoms with Crippen LogP contribution in [0.4, 0.5) is 13.2 Å². The number of benzene rings is 1. The van der Waals surface area contributed by atoms with Crippen molar-refractivity contribution in [3.05, 3.63) is 27.7 Å². The fourth-order valence-electron chi connectivity index (χ4n) is 1.17. The van der Waals surface area contributed by atoms with Gasteiger partial charge in [-0.05, 0) is 28.1 Å². The van der Waals surface area contributed by atoms with Crippen LogP contribution in [0.1, 0.15) is 15.9 Å². The van der Waals surface area contributed by atoms with Crippen molar-refractivity contribution in [3.8, 4) is 5.75 Å². The Balaban J connectivity index is 3.53. The third kappa shape index (κ3) is 2.46. The van der Waals surface area contributed by atoms with Crippen LogP contribution in [0, 0.1) is 0 Å². The molecule has 0 saturated heterocycles. The van der Waals surface area contributed by atoms with Gasteiger partial charge in [-0.1, -0.05) is 0 Å². The smallest absolute Gasteiger partial charge is 0.417 e. The molecule has 0 fully saturated rings. The molecule has 0 bridgehead atoms. The molecule has 0 saturated carbocycles. The molecular formula is C9H7BrF3NO2. The molecule has 0 spiro atoms. The lowest BCUT2D eigenvalue weighted by Gasteiger charge is -2.13. The molecule has 1 amide bonds. The van der Waals surface area contributed by atoms with E-state index in [2.05, 4.69) is 20.7 Å². The fraction of sp³-hybridized carbons (Fsp3) is 0.222. The van der Waals surface area contributed by atoms with Crippen LogP contribution >= 0.6 is 15.9 Å². The second kappa shape index (κ2) is 4.32. The maximum atomic E-state index is 12.6. The Morgan fingerprint density at radius 3 is 2.38 bits per heavy atom. The number of carbonyl (C=O) groups is 1. The number of rotatable bonds is 2. The highest BCUT2D eigenvalue weighted by atomic mass is 79.9. The topological polar surface area (TPSA) is 52.3 Å². The van der Waals surface area contributed by atoms with Gasteiger partial charge < -0.3 is 10.5 Å². The molecule has 16 heavy (non-hydrogen) atoms. The molecule has 0 aromatic heterocycles. The molecule has 88 valence electrons. The second-order valence-corrected chi connectivity index (χ2v) is 3.75. The first-order valence-electron chi connectivity index (χ1n) is 4.02. The zero-order chi connectivity index (χ0) is 12.5. The monoisotopic (exact) mass is 297 g/mol. The molecular weight excluding hydrogens is 291 g/mol. The van der Waals surface area contributed by atoms with Gasteiger partial charge in [0.15, 0.2) is 0 Å². The summed E-state index contributed by atoms with van der Waals surface area (Å²) >= 11 is 2.85. The predicted molar refractivity (Wildman–Crippen MR) is 54.2 cm³/mol.